The number of aromatic nitrogens is 4. The second kappa shape index (κ2) is 9.19. The molecular weight excluding hydrogens is 436 g/mol. The van der Waals surface area contributed by atoms with Crippen LogP contribution in [0.4, 0.5) is 5.69 Å². The summed E-state index contributed by atoms with van der Waals surface area (Å²) in [5.41, 5.74) is 2.38. The van der Waals surface area contributed by atoms with Crippen LogP contribution in [-0.4, -0.2) is 55.1 Å². The maximum absolute atomic E-state index is 12.9. The number of hydrogen-bond acceptors (Lipinski definition) is 6. The fourth-order valence-corrected chi connectivity index (χ4v) is 4.95. The molecule has 0 bridgehead atoms. The highest BCUT2D eigenvalue weighted by molar-refractivity contribution is 7.99. The largest absolute Gasteiger partial charge is 0.342 e. The Morgan fingerprint density at radius 3 is 2.55 bits per heavy atom. The first-order valence-electron chi connectivity index (χ1n) is 11.0. The van der Waals surface area contributed by atoms with Crippen LogP contribution < -0.4 is 5.32 Å². The molecule has 168 valence electrons. The number of likely N-dealkylation sites (tertiary alicyclic amines) is 1. The van der Waals surface area contributed by atoms with Gasteiger partial charge in [0.15, 0.2) is 10.8 Å². The van der Waals surface area contributed by atoms with Crippen molar-refractivity contribution < 1.29 is 9.59 Å². The number of nitrogens with zero attached hydrogens (tertiary/aromatic N) is 5. The highest BCUT2D eigenvalue weighted by Gasteiger charge is 2.27. The fourth-order valence-electron chi connectivity index (χ4n) is 4.10. The summed E-state index contributed by atoms with van der Waals surface area (Å²) < 4.78 is 1.72. The number of anilines is 1. The van der Waals surface area contributed by atoms with Gasteiger partial charge in [0.1, 0.15) is 5.82 Å². The van der Waals surface area contributed by atoms with Crippen molar-refractivity contribution in [3.05, 3.63) is 60.4 Å². The number of piperidine rings is 1. The molecule has 33 heavy (non-hydrogen) atoms. The SMILES string of the molecule is Cc1nc2c3ccccc3nc(SCC(=O)N3CCC(C(=O)Nc4ccccc4)CC3)n2n1. The quantitative estimate of drug-likeness (QED) is 0.362. The lowest BCUT2D eigenvalue weighted by molar-refractivity contribution is -0.132. The van der Waals surface area contributed by atoms with Crippen molar-refractivity contribution in [3.63, 3.8) is 0 Å². The third-order valence-electron chi connectivity index (χ3n) is 5.84. The van der Waals surface area contributed by atoms with Crippen LogP contribution >= 0.6 is 11.8 Å². The van der Waals surface area contributed by atoms with Gasteiger partial charge in [-0.15, -0.1) is 5.10 Å². The van der Waals surface area contributed by atoms with Crippen molar-refractivity contribution in [1.82, 2.24) is 24.5 Å². The van der Waals surface area contributed by atoms with Gasteiger partial charge in [-0.3, -0.25) is 9.59 Å². The Morgan fingerprint density at radius 1 is 1.03 bits per heavy atom. The molecule has 0 unspecified atom stereocenters. The van der Waals surface area contributed by atoms with Gasteiger partial charge < -0.3 is 10.2 Å². The van der Waals surface area contributed by atoms with E-state index in [0.29, 0.717) is 36.9 Å². The van der Waals surface area contributed by atoms with Gasteiger partial charge >= 0.3 is 0 Å². The third kappa shape index (κ3) is 4.54. The number of fused-ring (bicyclic) bond motifs is 3. The molecule has 5 rings (SSSR count). The number of para-hydroxylation sites is 2. The van der Waals surface area contributed by atoms with Crippen molar-refractivity contribution in [3.8, 4) is 0 Å². The average Bonchev–Trinajstić information content (AvgIpc) is 3.25. The monoisotopic (exact) mass is 460 g/mol. The van der Waals surface area contributed by atoms with E-state index in [4.69, 9.17) is 4.98 Å². The average molecular weight is 461 g/mol. The van der Waals surface area contributed by atoms with E-state index in [2.05, 4.69) is 15.4 Å². The van der Waals surface area contributed by atoms with Crippen LogP contribution in [0.15, 0.2) is 59.8 Å². The van der Waals surface area contributed by atoms with E-state index >= 15 is 0 Å². The number of rotatable bonds is 5. The molecule has 1 fully saturated rings. The summed E-state index contributed by atoms with van der Waals surface area (Å²) in [6.45, 7) is 3.00. The van der Waals surface area contributed by atoms with E-state index in [9.17, 15) is 9.59 Å². The molecule has 1 saturated heterocycles. The van der Waals surface area contributed by atoms with Gasteiger partial charge in [-0.2, -0.15) is 4.52 Å². The minimum Gasteiger partial charge on any atom is -0.342 e. The maximum Gasteiger partial charge on any atom is 0.233 e. The smallest absolute Gasteiger partial charge is 0.233 e. The molecule has 0 aliphatic carbocycles. The number of thioether (sulfide) groups is 1. The van der Waals surface area contributed by atoms with Gasteiger partial charge in [0, 0.05) is 30.1 Å². The molecule has 2 aromatic heterocycles. The molecule has 2 aromatic carbocycles. The molecule has 2 amide bonds. The minimum absolute atomic E-state index is 0.0204. The minimum atomic E-state index is -0.0817. The maximum atomic E-state index is 12.9. The van der Waals surface area contributed by atoms with Crippen LogP contribution in [0.3, 0.4) is 0 Å². The zero-order chi connectivity index (χ0) is 22.8. The molecule has 1 aliphatic rings. The first-order chi connectivity index (χ1) is 16.1. The molecule has 0 atom stereocenters. The Balaban J connectivity index is 1.21. The molecule has 1 N–H and O–H groups in total. The Kier molecular flexibility index (Phi) is 5.95. The van der Waals surface area contributed by atoms with Crippen molar-refractivity contribution in [1.29, 1.82) is 0 Å². The summed E-state index contributed by atoms with van der Waals surface area (Å²) >= 11 is 1.37. The van der Waals surface area contributed by atoms with Crippen LogP contribution in [0.2, 0.25) is 0 Å². The van der Waals surface area contributed by atoms with Crippen molar-refractivity contribution in [2.24, 2.45) is 5.92 Å². The number of nitrogens with one attached hydrogen (secondary N) is 1. The van der Waals surface area contributed by atoms with Crippen molar-refractivity contribution in [2.75, 3.05) is 24.2 Å². The second-order valence-corrected chi connectivity index (χ2v) is 9.05. The summed E-state index contributed by atoms with van der Waals surface area (Å²) in [5, 5.41) is 9.02. The van der Waals surface area contributed by atoms with Gasteiger partial charge in [0.25, 0.3) is 0 Å². The molecular formula is C24H24N6O2S. The number of amides is 2. The van der Waals surface area contributed by atoms with Crippen LogP contribution in [0.5, 0.6) is 0 Å². The summed E-state index contributed by atoms with van der Waals surface area (Å²) in [4.78, 5) is 36.5. The normalized spacial score (nSPS) is 14.6. The predicted molar refractivity (Wildman–Crippen MR) is 128 cm³/mol. The number of hydrogen-bond donors (Lipinski definition) is 1. The first kappa shape index (κ1) is 21.4. The van der Waals surface area contributed by atoms with Crippen molar-refractivity contribution in [2.45, 2.75) is 24.9 Å². The molecule has 4 aromatic rings. The standard InChI is InChI=1S/C24H24N6O2S/c1-16-25-22-19-9-5-6-10-20(19)27-24(30(22)28-16)33-15-21(31)29-13-11-17(12-14-29)23(32)26-18-7-3-2-4-8-18/h2-10,17H,11-15H2,1H3,(H,26,32). The molecule has 1 aliphatic heterocycles. The molecule has 3 heterocycles. The number of benzene rings is 2. The molecule has 0 spiro atoms. The highest BCUT2D eigenvalue weighted by Crippen LogP contribution is 2.25. The van der Waals surface area contributed by atoms with Gasteiger partial charge in [-0.1, -0.05) is 42.1 Å². The van der Waals surface area contributed by atoms with Crippen LogP contribution in [-0.2, 0) is 9.59 Å². The lowest BCUT2D eigenvalue weighted by Gasteiger charge is -2.31. The summed E-state index contributed by atoms with van der Waals surface area (Å²) in [5.74, 6) is 0.910. The molecule has 0 saturated carbocycles. The van der Waals surface area contributed by atoms with E-state index in [-0.39, 0.29) is 23.5 Å². The number of carbonyl (C=O) groups excluding carboxylic acids is 2. The van der Waals surface area contributed by atoms with Gasteiger partial charge in [-0.25, -0.2) is 9.97 Å². The van der Waals surface area contributed by atoms with E-state index in [1.165, 1.54) is 11.8 Å². The Morgan fingerprint density at radius 2 is 1.76 bits per heavy atom. The van der Waals surface area contributed by atoms with Crippen LogP contribution in [0, 0.1) is 12.8 Å². The van der Waals surface area contributed by atoms with Gasteiger partial charge in [-0.05, 0) is 44.0 Å². The Bertz CT molecular complexity index is 1310. The van der Waals surface area contributed by atoms with Crippen LogP contribution in [0.25, 0.3) is 16.6 Å². The molecule has 9 heteroatoms. The van der Waals surface area contributed by atoms with Gasteiger partial charge in [0.05, 0.1) is 11.3 Å². The predicted octanol–water partition coefficient (Wildman–Crippen LogP) is 3.56. The van der Waals surface area contributed by atoms with Crippen LogP contribution in [0.1, 0.15) is 18.7 Å². The Hall–Kier alpha value is -3.46. The molecule has 8 nitrogen and oxygen atoms in total. The number of carbonyl (C=O) groups is 2. The number of aryl methyl sites for hydroxylation is 1. The molecule has 0 radical (unpaired) electrons. The lowest BCUT2D eigenvalue weighted by atomic mass is 9.96. The van der Waals surface area contributed by atoms with E-state index in [0.717, 1.165) is 22.2 Å². The summed E-state index contributed by atoms with van der Waals surface area (Å²) in [7, 11) is 0. The first-order valence-corrected chi connectivity index (χ1v) is 12.0. The second-order valence-electron chi connectivity index (χ2n) is 8.10. The fraction of sp³-hybridized carbons (Fsp3) is 0.292. The van der Waals surface area contributed by atoms with E-state index in [1.54, 1.807) is 4.52 Å². The zero-order valence-electron chi connectivity index (χ0n) is 18.3. The lowest BCUT2D eigenvalue weighted by Crippen LogP contribution is -2.42. The zero-order valence-corrected chi connectivity index (χ0v) is 19.1. The van der Waals surface area contributed by atoms with Gasteiger partial charge in [0.2, 0.25) is 11.8 Å². The highest BCUT2D eigenvalue weighted by atomic mass is 32.2. The Labute approximate surface area is 195 Å². The topological polar surface area (TPSA) is 92.5 Å². The summed E-state index contributed by atoms with van der Waals surface area (Å²) in [6, 6.07) is 17.3. The summed E-state index contributed by atoms with van der Waals surface area (Å²) in [6.07, 6.45) is 1.33. The van der Waals surface area contributed by atoms with E-state index in [1.807, 2.05) is 66.4 Å². The third-order valence-corrected chi connectivity index (χ3v) is 6.75. The van der Waals surface area contributed by atoms with E-state index < -0.39 is 0 Å². The van der Waals surface area contributed by atoms with Crippen molar-refractivity contribution >= 4 is 45.8 Å².